The molecule has 2 unspecified atom stereocenters. The molecule has 1 nitrogen and oxygen atoms in total. The van der Waals surface area contributed by atoms with Crippen LogP contribution >= 0.6 is 15.9 Å². The van der Waals surface area contributed by atoms with E-state index >= 15 is 0 Å². The summed E-state index contributed by atoms with van der Waals surface area (Å²) in [6, 6.07) is 0. The SMILES string of the molecule is CC1(CC2COCCC2Br)CCCC1. The summed E-state index contributed by atoms with van der Waals surface area (Å²) in [5, 5.41) is 0. The van der Waals surface area contributed by atoms with Gasteiger partial charge in [0.2, 0.25) is 0 Å². The molecule has 0 amide bonds. The summed E-state index contributed by atoms with van der Waals surface area (Å²) >= 11 is 3.81. The summed E-state index contributed by atoms with van der Waals surface area (Å²) in [6.07, 6.45) is 8.31. The highest BCUT2D eigenvalue weighted by Gasteiger charge is 2.34. The van der Waals surface area contributed by atoms with Gasteiger partial charge in [-0.05, 0) is 37.0 Å². The molecule has 1 heterocycles. The fourth-order valence-corrected chi connectivity index (χ4v) is 3.55. The summed E-state index contributed by atoms with van der Waals surface area (Å²) in [6.45, 7) is 4.39. The van der Waals surface area contributed by atoms with Crippen LogP contribution in [-0.4, -0.2) is 18.0 Å². The molecule has 1 aliphatic heterocycles. The lowest BCUT2D eigenvalue weighted by Gasteiger charge is -2.34. The van der Waals surface area contributed by atoms with Crippen molar-refractivity contribution in [3.8, 4) is 0 Å². The van der Waals surface area contributed by atoms with Gasteiger partial charge in [0.05, 0.1) is 6.61 Å². The van der Waals surface area contributed by atoms with E-state index in [9.17, 15) is 0 Å². The molecule has 0 radical (unpaired) electrons. The summed E-state index contributed by atoms with van der Waals surface area (Å²) < 4.78 is 5.58. The van der Waals surface area contributed by atoms with Crippen LogP contribution < -0.4 is 0 Å². The minimum absolute atomic E-state index is 0.622. The number of halogens is 1. The minimum atomic E-state index is 0.622. The van der Waals surface area contributed by atoms with Crippen molar-refractivity contribution >= 4 is 15.9 Å². The van der Waals surface area contributed by atoms with Gasteiger partial charge in [-0.2, -0.15) is 0 Å². The van der Waals surface area contributed by atoms with Crippen molar-refractivity contribution in [2.75, 3.05) is 13.2 Å². The smallest absolute Gasteiger partial charge is 0.0505 e. The van der Waals surface area contributed by atoms with Crippen molar-refractivity contribution in [1.29, 1.82) is 0 Å². The molecular weight excluding hydrogens is 240 g/mol. The maximum absolute atomic E-state index is 5.58. The normalized spacial score (nSPS) is 37.3. The highest BCUT2D eigenvalue weighted by molar-refractivity contribution is 9.09. The molecule has 1 saturated heterocycles. The summed E-state index contributed by atoms with van der Waals surface area (Å²) in [7, 11) is 0. The lowest BCUT2D eigenvalue weighted by atomic mass is 9.78. The Hall–Kier alpha value is 0.440. The number of rotatable bonds is 2. The van der Waals surface area contributed by atoms with Crippen molar-refractivity contribution < 1.29 is 4.74 Å². The molecule has 0 spiro atoms. The van der Waals surface area contributed by atoms with Crippen molar-refractivity contribution in [2.24, 2.45) is 11.3 Å². The molecule has 1 saturated carbocycles. The summed E-state index contributed by atoms with van der Waals surface area (Å²) in [4.78, 5) is 0.702. The molecule has 0 N–H and O–H groups in total. The molecule has 0 aromatic heterocycles. The van der Waals surface area contributed by atoms with E-state index in [0.29, 0.717) is 10.2 Å². The lowest BCUT2D eigenvalue weighted by Crippen LogP contribution is -2.31. The number of hydrogen-bond acceptors (Lipinski definition) is 1. The monoisotopic (exact) mass is 260 g/mol. The van der Waals surface area contributed by atoms with Crippen LogP contribution in [0.1, 0.15) is 45.4 Å². The zero-order chi connectivity index (χ0) is 10.0. The predicted molar refractivity (Wildman–Crippen MR) is 62.8 cm³/mol. The van der Waals surface area contributed by atoms with Crippen LogP contribution in [0, 0.1) is 11.3 Å². The quantitative estimate of drug-likeness (QED) is 0.688. The Bertz CT molecular complexity index is 187. The molecule has 1 aliphatic carbocycles. The van der Waals surface area contributed by atoms with Crippen molar-refractivity contribution in [1.82, 2.24) is 0 Å². The van der Waals surface area contributed by atoms with Gasteiger partial charge in [-0.1, -0.05) is 35.7 Å². The van der Waals surface area contributed by atoms with Crippen molar-refractivity contribution in [3.63, 3.8) is 0 Å². The van der Waals surface area contributed by atoms with Gasteiger partial charge >= 0.3 is 0 Å². The lowest BCUT2D eigenvalue weighted by molar-refractivity contribution is 0.0405. The van der Waals surface area contributed by atoms with Gasteiger partial charge in [0, 0.05) is 11.4 Å². The van der Waals surface area contributed by atoms with Gasteiger partial charge in [0.25, 0.3) is 0 Å². The molecule has 2 heteroatoms. The fraction of sp³-hybridized carbons (Fsp3) is 1.00. The Morgan fingerprint density at radius 1 is 1.36 bits per heavy atom. The molecule has 82 valence electrons. The van der Waals surface area contributed by atoms with E-state index in [0.717, 1.165) is 19.1 Å². The molecular formula is C12H21BrO. The first-order chi connectivity index (χ1) is 6.70. The van der Waals surface area contributed by atoms with E-state index in [2.05, 4.69) is 22.9 Å². The first-order valence-corrected chi connectivity index (χ1v) is 6.83. The van der Waals surface area contributed by atoms with Crippen molar-refractivity contribution in [3.05, 3.63) is 0 Å². The zero-order valence-corrected chi connectivity index (χ0v) is 10.7. The van der Waals surface area contributed by atoms with Crippen LogP contribution in [0.3, 0.4) is 0 Å². The first kappa shape index (κ1) is 10.9. The van der Waals surface area contributed by atoms with Gasteiger partial charge in [-0.25, -0.2) is 0 Å². The Kier molecular flexibility index (Phi) is 3.54. The third kappa shape index (κ3) is 2.52. The molecule has 14 heavy (non-hydrogen) atoms. The van der Waals surface area contributed by atoms with Gasteiger partial charge in [-0.3, -0.25) is 0 Å². The fourth-order valence-electron chi connectivity index (χ4n) is 3.02. The van der Waals surface area contributed by atoms with E-state index in [1.165, 1.54) is 38.5 Å². The number of alkyl halides is 1. The minimum Gasteiger partial charge on any atom is -0.381 e. The maximum atomic E-state index is 5.58. The topological polar surface area (TPSA) is 9.23 Å². The molecule has 2 aliphatic rings. The second-order valence-corrected chi connectivity index (χ2v) is 6.54. The molecule has 0 aromatic carbocycles. The van der Waals surface area contributed by atoms with Gasteiger partial charge < -0.3 is 4.74 Å². The second kappa shape index (κ2) is 4.52. The van der Waals surface area contributed by atoms with E-state index in [-0.39, 0.29) is 0 Å². The molecule has 0 bridgehead atoms. The summed E-state index contributed by atoms with van der Waals surface area (Å²) in [5.74, 6) is 0.756. The summed E-state index contributed by atoms with van der Waals surface area (Å²) in [5.41, 5.74) is 0.622. The predicted octanol–water partition coefficient (Wildman–Crippen LogP) is 3.76. The van der Waals surface area contributed by atoms with Crippen LogP contribution in [0.5, 0.6) is 0 Å². The highest BCUT2D eigenvalue weighted by atomic mass is 79.9. The average molecular weight is 261 g/mol. The van der Waals surface area contributed by atoms with Crippen LogP contribution in [0.25, 0.3) is 0 Å². The standard InChI is InChI=1S/C12H21BrO/c1-12(5-2-3-6-12)8-10-9-14-7-4-11(10)13/h10-11H,2-9H2,1H3. The molecule has 2 rings (SSSR count). The van der Waals surface area contributed by atoms with E-state index < -0.39 is 0 Å². The maximum Gasteiger partial charge on any atom is 0.0505 e. The van der Waals surface area contributed by atoms with Crippen LogP contribution in [-0.2, 0) is 4.74 Å². The number of ether oxygens (including phenoxy) is 1. The van der Waals surface area contributed by atoms with E-state index in [1.807, 2.05) is 0 Å². The Balaban J connectivity index is 1.88. The van der Waals surface area contributed by atoms with Crippen molar-refractivity contribution in [2.45, 2.75) is 50.3 Å². The second-order valence-electron chi connectivity index (χ2n) is 5.36. The third-order valence-corrected chi connectivity index (χ3v) is 5.15. The van der Waals surface area contributed by atoms with E-state index in [1.54, 1.807) is 0 Å². The first-order valence-electron chi connectivity index (χ1n) is 5.91. The third-order valence-electron chi connectivity index (χ3n) is 3.95. The van der Waals surface area contributed by atoms with Crippen LogP contribution in [0.4, 0.5) is 0 Å². The van der Waals surface area contributed by atoms with Gasteiger partial charge in [0.1, 0.15) is 0 Å². The van der Waals surface area contributed by atoms with Gasteiger partial charge in [-0.15, -0.1) is 0 Å². The Morgan fingerprint density at radius 3 is 2.71 bits per heavy atom. The van der Waals surface area contributed by atoms with Crippen LogP contribution in [0.2, 0.25) is 0 Å². The zero-order valence-electron chi connectivity index (χ0n) is 9.10. The van der Waals surface area contributed by atoms with E-state index in [4.69, 9.17) is 4.74 Å². The Labute approximate surface area is 95.7 Å². The number of hydrogen-bond donors (Lipinski definition) is 0. The van der Waals surface area contributed by atoms with Gasteiger partial charge in [0.15, 0.2) is 0 Å². The largest absolute Gasteiger partial charge is 0.381 e. The molecule has 0 aromatic rings. The highest BCUT2D eigenvalue weighted by Crippen LogP contribution is 2.44. The Morgan fingerprint density at radius 2 is 2.07 bits per heavy atom. The molecule has 2 fully saturated rings. The van der Waals surface area contributed by atoms with Crippen LogP contribution in [0.15, 0.2) is 0 Å². The average Bonchev–Trinajstić information content (AvgIpc) is 2.57. The molecule has 2 atom stereocenters.